The van der Waals surface area contributed by atoms with E-state index in [4.69, 9.17) is 22.5 Å². The fourth-order valence-electron chi connectivity index (χ4n) is 2.05. The van der Waals surface area contributed by atoms with Crippen molar-refractivity contribution in [2.75, 3.05) is 29.9 Å². The molecule has 2 aromatic rings. The first-order valence-electron chi connectivity index (χ1n) is 8.12. The van der Waals surface area contributed by atoms with Gasteiger partial charge in [0.1, 0.15) is 6.54 Å². The van der Waals surface area contributed by atoms with Crippen molar-refractivity contribution in [2.45, 2.75) is 13.5 Å². The lowest BCUT2D eigenvalue weighted by atomic mass is 10.2. The van der Waals surface area contributed by atoms with Crippen LogP contribution in [0.3, 0.4) is 0 Å². The zero-order chi connectivity index (χ0) is 19.6. The van der Waals surface area contributed by atoms with E-state index in [1.54, 1.807) is 17.6 Å². The topological polar surface area (TPSA) is 164 Å². The fourth-order valence-corrected chi connectivity index (χ4v) is 2.97. The Labute approximate surface area is 161 Å². The van der Waals surface area contributed by atoms with Crippen molar-refractivity contribution < 1.29 is 0 Å². The van der Waals surface area contributed by atoms with E-state index >= 15 is 0 Å². The van der Waals surface area contributed by atoms with Crippen molar-refractivity contribution in [3.05, 3.63) is 33.9 Å². The minimum absolute atomic E-state index is 0.0360. The zero-order valence-corrected chi connectivity index (χ0v) is 15.7. The van der Waals surface area contributed by atoms with Crippen molar-refractivity contribution in [2.24, 2.45) is 15.7 Å². The molecule has 0 unspecified atom stereocenters. The molecule has 0 saturated carbocycles. The molecule has 0 fully saturated rings. The van der Waals surface area contributed by atoms with Crippen LogP contribution < -0.4 is 22.5 Å². The Hall–Kier alpha value is -3.45. The fraction of sp³-hybridized carbons (Fsp3) is 0.235. The van der Waals surface area contributed by atoms with Crippen LogP contribution in [-0.4, -0.2) is 35.5 Å². The van der Waals surface area contributed by atoms with Crippen LogP contribution in [-0.2, 0) is 6.54 Å². The SMILES string of the molecule is CCN=Cc1sc(CNc2nc(C(C=NCC#N)=CN)cnc2N)cc1N. The van der Waals surface area contributed by atoms with Gasteiger partial charge in [0.15, 0.2) is 11.6 Å². The number of nitrogen functional groups attached to an aromatic ring is 2. The maximum absolute atomic E-state index is 8.57. The normalized spacial score (nSPS) is 11.9. The van der Waals surface area contributed by atoms with Crippen LogP contribution in [0.5, 0.6) is 0 Å². The Bertz CT molecular complexity index is 906. The number of thiophene rings is 1. The molecule has 0 aliphatic rings. The average molecular weight is 383 g/mol. The second-order valence-corrected chi connectivity index (χ2v) is 6.42. The van der Waals surface area contributed by atoms with E-state index in [1.807, 2.05) is 19.1 Å². The summed E-state index contributed by atoms with van der Waals surface area (Å²) in [5.74, 6) is 0.692. The van der Waals surface area contributed by atoms with Gasteiger partial charge in [-0.1, -0.05) is 0 Å². The van der Waals surface area contributed by atoms with Gasteiger partial charge in [0.05, 0.1) is 35.1 Å². The molecule has 0 aliphatic carbocycles. The lowest BCUT2D eigenvalue weighted by Crippen LogP contribution is -2.08. The van der Waals surface area contributed by atoms with E-state index in [1.165, 1.54) is 18.6 Å². The third-order valence-electron chi connectivity index (χ3n) is 3.33. The van der Waals surface area contributed by atoms with Gasteiger partial charge in [-0.2, -0.15) is 5.26 Å². The summed E-state index contributed by atoms with van der Waals surface area (Å²) in [4.78, 5) is 18.7. The highest BCUT2D eigenvalue weighted by Gasteiger charge is 2.09. The molecule has 10 heteroatoms. The quantitative estimate of drug-likeness (QED) is 0.397. The van der Waals surface area contributed by atoms with Crippen LogP contribution in [0.1, 0.15) is 22.4 Å². The number of nitriles is 1. The number of aromatic nitrogens is 2. The number of anilines is 3. The molecule has 0 saturated heterocycles. The van der Waals surface area contributed by atoms with Gasteiger partial charge in [0.25, 0.3) is 0 Å². The predicted molar refractivity (Wildman–Crippen MR) is 112 cm³/mol. The number of rotatable bonds is 8. The number of nitrogens with zero attached hydrogens (tertiary/aromatic N) is 5. The van der Waals surface area contributed by atoms with Crippen molar-refractivity contribution in [1.29, 1.82) is 5.26 Å². The lowest BCUT2D eigenvalue weighted by Gasteiger charge is -2.09. The number of aliphatic imine (C=N–C) groups is 2. The standard InChI is InChI=1S/C17H21N9S/c1-2-22-10-15-13(20)5-12(27-15)8-25-17-16(21)24-9-14(26-17)11(6-19)7-23-4-3-18/h5-7,9-10H,2,4,8,19-20H2,1H3,(H2,21,24)(H,25,26). The number of hydrogen-bond acceptors (Lipinski definition) is 10. The zero-order valence-electron chi connectivity index (χ0n) is 14.9. The van der Waals surface area contributed by atoms with Gasteiger partial charge in [0.2, 0.25) is 0 Å². The average Bonchev–Trinajstić information content (AvgIpc) is 3.03. The molecule has 0 amide bonds. The van der Waals surface area contributed by atoms with Crippen molar-refractivity contribution in [3.63, 3.8) is 0 Å². The van der Waals surface area contributed by atoms with E-state index < -0.39 is 0 Å². The van der Waals surface area contributed by atoms with Gasteiger partial charge in [-0.25, -0.2) is 9.97 Å². The molecular weight excluding hydrogens is 362 g/mol. The number of nitrogens with one attached hydrogen (secondary N) is 1. The molecule has 0 spiro atoms. The molecule has 0 aliphatic heterocycles. The Morgan fingerprint density at radius 2 is 2.22 bits per heavy atom. The van der Waals surface area contributed by atoms with Crippen LogP contribution in [0.25, 0.3) is 5.57 Å². The molecular formula is C17H21N9S. The molecule has 140 valence electrons. The number of nitrogens with two attached hydrogens (primary N) is 3. The lowest BCUT2D eigenvalue weighted by molar-refractivity contribution is 1.10. The summed E-state index contributed by atoms with van der Waals surface area (Å²) in [6.07, 6.45) is 6.11. The van der Waals surface area contributed by atoms with Crippen LogP contribution in [0.4, 0.5) is 17.3 Å². The smallest absolute Gasteiger partial charge is 0.169 e. The van der Waals surface area contributed by atoms with Crippen LogP contribution in [0, 0.1) is 11.3 Å². The summed E-state index contributed by atoms with van der Waals surface area (Å²) in [6, 6.07) is 3.81. The summed E-state index contributed by atoms with van der Waals surface area (Å²) in [7, 11) is 0. The summed E-state index contributed by atoms with van der Waals surface area (Å²) in [5, 5.41) is 11.7. The third kappa shape index (κ3) is 5.52. The minimum Gasteiger partial charge on any atom is -0.404 e. The van der Waals surface area contributed by atoms with E-state index in [0.29, 0.717) is 35.9 Å². The molecule has 0 atom stereocenters. The molecule has 2 rings (SSSR count). The Balaban J connectivity index is 2.15. The van der Waals surface area contributed by atoms with Gasteiger partial charge < -0.3 is 22.5 Å². The van der Waals surface area contributed by atoms with Crippen LogP contribution in [0.2, 0.25) is 0 Å². The van der Waals surface area contributed by atoms with Gasteiger partial charge in [-0.05, 0) is 13.0 Å². The summed E-state index contributed by atoms with van der Waals surface area (Å²) in [6.45, 7) is 3.19. The van der Waals surface area contributed by atoms with E-state index in [-0.39, 0.29) is 12.4 Å². The number of hydrogen-bond donors (Lipinski definition) is 4. The second-order valence-electron chi connectivity index (χ2n) is 5.25. The molecule has 0 radical (unpaired) electrons. The molecule has 7 N–H and O–H groups in total. The van der Waals surface area contributed by atoms with Crippen LogP contribution in [0.15, 0.2) is 28.4 Å². The third-order valence-corrected chi connectivity index (χ3v) is 4.42. The maximum Gasteiger partial charge on any atom is 0.169 e. The summed E-state index contributed by atoms with van der Waals surface area (Å²) >= 11 is 1.54. The highest BCUT2D eigenvalue weighted by atomic mass is 32.1. The second kappa shape index (κ2) is 9.88. The minimum atomic E-state index is 0.0360. The molecule has 0 bridgehead atoms. The molecule has 2 aromatic heterocycles. The maximum atomic E-state index is 8.57. The Morgan fingerprint density at radius 1 is 1.41 bits per heavy atom. The molecule has 2 heterocycles. The van der Waals surface area contributed by atoms with Crippen LogP contribution >= 0.6 is 11.3 Å². The Kier molecular flexibility index (Phi) is 7.27. The first kappa shape index (κ1) is 19.9. The van der Waals surface area contributed by atoms with E-state index in [0.717, 1.165) is 9.75 Å². The van der Waals surface area contributed by atoms with Gasteiger partial charge in [-0.3, -0.25) is 9.98 Å². The molecule has 27 heavy (non-hydrogen) atoms. The molecule has 0 aromatic carbocycles. The highest BCUT2D eigenvalue weighted by molar-refractivity contribution is 7.14. The summed E-state index contributed by atoms with van der Waals surface area (Å²) in [5.41, 5.74) is 19.3. The van der Waals surface area contributed by atoms with Crippen molar-refractivity contribution >= 4 is 46.7 Å². The largest absolute Gasteiger partial charge is 0.404 e. The number of allylic oxidation sites excluding steroid dienone is 1. The first-order chi connectivity index (χ1) is 13.1. The highest BCUT2D eigenvalue weighted by Crippen LogP contribution is 2.25. The van der Waals surface area contributed by atoms with E-state index in [2.05, 4.69) is 25.3 Å². The summed E-state index contributed by atoms with van der Waals surface area (Å²) < 4.78 is 0. The monoisotopic (exact) mass is 383 g/mol. The van der Waals surface area contributed by atoms with Gasteiger partial charge >= 0.3 is 0 Å². The first-order valence-corrected chi connectivity index (χ1v) is 8.94. The van der Waals surface area contributed by atoms with E-state index in [9.17, 15) is 0 Å². The van der Waals surface area contributed by atoms with Gasteiger partial charge in [0, 0.05) is 35.6 Å². The van der Waals surface area contributed by atoms with Gasteiger partial charge in [-0.15, -0.1) is 11.3 Å². The van der Waals surface area contributed by atoms with Crippen molar-refractivity contribution in [3.8, 4) is 6.07 Å². The Morgan fingerprint density at radius 3 is 2.93 bits per heavy atom. The predicted octanol–water partition coefficient (Wildman–Crippen LogP) is 1.65. The molecule has 9 nitrogen and oxygen atoms in total. The van der Waals surface area contributed by atoms with Crippen molar-refractivity contribution in [1.82, 2.24) is 9.97 Å².